The van der Waals surface area contributed by atoms with Gasteiger partial charge in [-0.05, 0) is 66.8 Å². The number of rotatable bonds is 11. The Bertz CT molecular complexity index is 2330. The van der Waals surface area contributed by atoms with Crippen LogP contribution in [0.1, 0.15) is 28.8 Å². The summed E-state index contributed by atoms with van der Waals surface area (Å²) in [6.07, 6.45) is 4.37. The lowest BCUT2D eigenvalue weighted by molar-refractivity contribution is -0.147. The summed E-state index contributed by atoms with van der Waals surface area (Å²) in [5, 5.41) is 29.7. The van der Waals surface area contributed by atoms with Crippen molar-refractivity contribution in [1.29, 1.82) is 0 Å². The molecule has 8 rings (SSSR count). The van der Waals surface area contributed by atoms with E-state index in [1.54, 1.807) is 14.2 Å². The van der Waals surface area contributed by atoms with Gasteiger partial charge in [0.2, 0.25) is 0 Å². The summed E-state index contributed by atoms with van der Waals surface area (Å²) in [5.41, 5.74) is 9.53. The molecular formula is C41H43N7O5. The third-order valence-electron chi connectivity index (χ3n) is 10.5. The first kappa shape index (κ1) is 34.5. The zero-order chi connectivity index (χ0) is 36.8. The summed E-state index contributed by atoms with van der Waals surface area (Å²) >= 11 is 0. The lowest BCUT2D eigenvalue weighted by atomic mass is 9.96. The number of anilines is 2. The second kappa shape index (κ2) is 14.1. The molecule has 0 radical (unpaired) electrons. The lowest BCUT2D eigenvalue weighted by Gasteiger charge is -2.37. The van der Waals surface area contributed by atoms with Crippen molar-refractivity contribution in [1.82, 2.24) is 29.5 Å². The summed E-state index contributed by atoms with van der Waals surface area (Å²) in [7, 11) is 3.26. The predicted octanol–water partition coefficient (Wildman–Crippen LogP) is 6.10. The van der Waals surface area contributed by atoms with Crippen LogP contribution in [-0.4, -0.2) is 92.2 Å². The number of ether oxygens (including phenoxy) is 2. The number of benzene rings is 3. The van der Waals surface area contributed by atoms with E-state index in [0.717, 1.165) is 86.2 Å². The average Bonchev–Trinajstić information content (AvgIpc) is 3.75. The van der Waals surface area contributed by atoms with E-state index in [4.69, 9.17) is 24.5 Å². The maximum absolute atomic E-state index is 11.3. The number of carboxylic acids is 1. The fourth-order valence-corrected chi connectivity index (χ4v) is 7.72. The van der Waals surface area contributed by atoms with Crippen molar-refractivity contribution >= 4 is 39.3 Å². The standard InChI is InChI=1S/C41H43N7O5/c1-24-13-27-14-26(19-46-12-11-30(49)22-46)17-42-39(27)40(44-24)45-35-9-5-7-31(25(35)2)32-8-6-10-36-33(32)18-43-48(36)29-15-37(52-3)34(38(16-29)53-4)23-47-20-28(21-47)41(50)51/h5-10,13-18,28,30,49H,11-12,19-23H2,1-4H3,(H,44,45)(H,50,51)/t30-/m1/s1. The Balaban J connectivity index is 1.09. The Hall–Kier alpha value is -5.56. The number of aliphatic hydroxyl groups is 1. The summed E-state index contributed by atoms with van der Waals surface area (Å²) < 4.78 is 13.6. The zero-order valence-electron chi connectivity index (χ0n) is 30.3. The molecule has 2 saturated heterocycles. The second-order valence-electron chi connectivity index (χ2n) is 14.2. The number of fused-ring (bicyclic) bond motifs is 2. The van der Waals surface area contributed by atoms with Gasteiger partial charge < -0.3 is 25.0 Å². The molecule has 3 aromatic heterocycles. The van der Waals surface area contributed by atoms with Crippen molar-refractivity contribution < 1.29 is 24.5 Å². The van der Waals surface area contributed by atoms with E-state index in [1.165, 1.54) is 0 Å². The molecule has 2 aliphatic heterocycles. The molecule has 1 atom stereocenters. The molecule has 0 aliphatic carbocycles. The minimum atomic E-state index is -0.765. The number of methoxy groups -OCH3 is 2. The molecule has 0 unspecified atom stereocenters. The van der Waals surface area contributed by atoms with Crippen molar-refractivity contribution in [2.75, 3.05) is 45.7 Å². The summed E-state index contributed by atoms with van der Waals surface area (Å²) in [5.74, 6) is 0.904. The number of hydrogen-bond donors (Lipinski definition) is 3. The fraction of sp³-hybridized carbons (Fsp3) is 0.317. The molecule has 0 spiro atoms. The maximum Gasteiger partial charge on any atom is 0.309 e. The van der Waals surface area contributed by atoms with Crippen LogP contribution in [-0.2, 0) is 17.9 Å². The van der Waals surface area contributed by atoms with Gasteiger partial charge in [0.25, 0.3) is 0 Å². The van der Waals surface area contributed by atoms with Gasteiger partial charge in [0.05, 0.1) is 49.2 Å². The highest BCUT2D eigenvalue weighted by Crippen LogP contribution is 2.39. The number of β-amino-alcohol motifs (C(OH)–C–C–N with tert-alkyl or cyclic N) is 1. The van der Waals surface area contributed by atoms with E-state index in [9.17, 15) is 15.0 Å². The molecule has 3 N–H and O–H groups in total. The van der Waals surface area contributed by atoms with Gasteiger partial charge in [-0.2, -0.15) is 5.10 Å². The van der Waals surface area contributed by atoms with Gasteiger partial charge in [-0.1, -0.05) is 24.3 Å². The van der Waals surface area contributed by atoms with E-state index in [-0.39, 0.29) is 12.0 Å². The topological polar surface area (TPSA) is 138 Å². The molecule has 6 aromatic rings. The van der Waals surface area contributed by atoms with Gasteiger partial charge >= 0.3 is 5.97 Å². The number of aliphatic carboxylic acids is 1. The number of nitrogens with one attached hydrogen (secondary N) is 1. The minimum absolute atomic E-state index is 0.252. The smallest absolute Gasteiger partial charge is 0.309 e. The number of likely N-dealkylation sites (tertiary alicyclic amines) is 2. The van der Waals surface area contributed by atoms with E-state index in [2.05, 4.69) is 58.4 Å². The molecule has 0 saturated carbocycles. The van der Waals surface area contributed by atoms with Gasteiger partial charge in [-0.25, -0.2) is 9.67 Å². The number of aromatic nitrogens is 4. The van der Waals surface area contributed by atoms with Crippen molar-refractivity contribution in [3.63, 3.8) is 0 Å². The molecule has 272 valence electrons. The van der Waals surface area contributed by atoms with Gasteiger partial charge in [0.15, 0.2) is 5.82 Å². The summed E-state index contributed by atoms with van der Waals surface area (Å²) in [6.45, 7) is 7.97. The first-order valence-corrected chi connectivity index (χ1v) is 17.9. The van der Waals surface area contributed by atoms with Crippen molar-refractivity contribution in [2.24, 2.45) is 5.92 Å². The number of carbonyl (C=O) groups is 1. The van der Waals surface area contributed by atoms with E-state index < -0.39 is 5.97 Å². The predicted molar refractivity (Wildman–Crippen MR) is 204 cm³/mol. The normalized spacial score (nSPS) is 16.7. The van der Waals surface area contributed by atoms with Crippen LogP contribution in [0.3, 0.4) is 0 Å². The third kappa shape index (κ3) is 6.65. The Labute approximate surface area is 307 Å². The lowest BCUT2D eigenvalue weighted by Crippen LogP contribution is -2.49. The van der Waals surface area contributed by atoms with Crippen LogP contribution >= 0.6 is 0 Å². The number of pyridine rings is 2. The molecule has 12 nitrogen and oxygen atoms in total. The highest BCUT2D eigenvalue weighted by molar-refractivity contribution is 5.98. The van der Waals surface area contributed by atoms with Crippen LogP contribution in [0.25, 0.3) is 38.6 Å². The number of aliphatic hydroxyl groups excluding tert-OH is 1. The van der Waals surface area contributed by atoms with Gasteiger partial charge in [0.1, 0.15) is 17.0 Å². The number of carboxylic acid groups (broad SMARTS) is 1. The first-order chi connectivity index (χ1) is 25.7. The number of nitrogens with zero attached hydrogens (tertiary/aromatic N) is 6. The Kier molecular flexibility index (Phi) is 9.19. The highest BCUT2D eigenvalue weighted by Gasteiger charge is 2.33. The molecule has 0 bridgehead atoms. The zero-order valence-corrected chi connectivity index (χ0v) is 30.3. The van der Waals surface area contributed by atoms with Crippen LogP contribution < -0.4 is 14.8 Å². The van der Waals surface area contributed by atoms with Gasteiger partial charge in [-0.15, -0.1) is 0 Å². The largest absolute Gasteiger partial charge is 0.496 e. The molecule has 12 heteroatoms. The van der Waals surface area contributed by atoms with E-state index >= 15 is 0 Å². The SMILES string of the molecule is COc1cc(-n2ncc3c(-c4cccc(Nc5nc(C)cc6cc(CN7CC[C@@H](O)C7)cnc56)c4C)cccc32)cc(OC)c1CN1CC(C(=O)O)C1. The van der Waals surface area contributed by atoms with Crippen molar-refractivity contribution in [3.8, 4) is 28.3 Å². The Morgan fingerprint density at radius 2 is 1.68 bits per heavy atom. The van der Waals surface area contributed by atoms with Crippen molar-refractivity contribution in [3.05, 3.63) is 95.4 Å². The Morgan fingerprint density at radius 1 is 0.925 bits per heavy atom. The van der Waals surface area contributed by atoms with Crippen LogP contribution in [0, 0.1) is 19.8 Å². The van der Waals surface area contributed by atoms with Crippen LogP contribution in [0.5, 0.6) is 11.5 Å². The minimum Gasteiger partial charge on any atom is -0.496 e. The van der Waals surface area contributed by atoms with E-state index in [1.807, 2.05) is 48.3 Å². The molecule has 53 heavy (non-hydrogen) atoms. The van der Waals surface area contributed by atoms with Crippen molar-refractivity contribution in [2.45, 2.75) is 39.5 Å². The molecule has 2 aliphatic rings. The molecule has 3 aromatic carbocycles. The Morgan fingerprint density at radius 3 is 2.40 bits per heavy atom. The molecular weight excluding hydrogens is 670 g/mol. The second-order valence-corrected chi connectivity index (χ2v) is 14.2. The number of hydrogen-bond acceptors (Lipinski definition) is 10. The van der Waals surface area contributed by atoms with E-state index in [0.29, 0.717) is 43.5 Å². The third-order valence-corrected chi connectivity index (χ3v) is 10.5. The molecule has 5 heterocycles. The number of aryl methyl sites for hydroxylation is 1. The maximum atomic E-state index is 11.3. The van der Waals surface area contributed by atoms with Gasteiger partial charge in [-0.3, -0.25) is 19.6 Å². The van der Waals surface area contributed by atoms with Crippen LogP contribution in [0.2, 0.25) is 0 Å². The molecule has 0 amide bonds. The van der Waals surface area contributed by atoms with Crippen LogP contribution in [0.4, 0.5) is 11.5 Å². The highest BCUT2D eigenvalue weighted by atomic mass is 16.5. The first-order valence-electron chi connectivity index (χ1n) is 17.9. The van der Waals surface area contributed by atoms with Crippen LogP contribution in [0.15, 0.2) is 73.1 Å². The summed E-state index contributed by atoms with van der Waals surface area (Å²) in [6, 6.07) is 20.6. The fourth-order valence-electron chi connectivity index (χ4n) is 7.72. The molecule has 2 fully saturated rings. The van der Waals surface area contributed by atoms with Gasteiger partial charge in [0, 0.05) is 79.8 Å². The average molecular weight is 714 g/mol. The quantitative estimate of drug-likeness (QED) is 0.144. The monoisotopic (exact) mass is 713 g/mol. The summed E-state index contributed by atoms with van der Waals surface area (Å²) in [4.78, 5) is 25.4.